The van der Waals surface area contributed by atoms with Gasteiger partial charge in [0.25, 0.3) is 6.29 Å². The summed E-state index contributed by atoms with van der Waals surface area (Å²) in [5.74, 6) is -3.34. The van der Waals surface area contributed by atoms with Gasteiger partial charge in [0.2, 0.25) is 18.6 Å². The number of esters is 2. The molecule has 2 saturated heterocycles. The first kappa shape index (κ1) is 18.6. The van der Waals surface area contributed by atoms with E-state index in [1.807, 2.05) is 0 Å². The molecule has 4 heterocycles. The number of hydrogen-bond donors (Lipinski definition) is 0. The van der Waals surface area contributed by atoms with Crippen LogP contribution in [0.5, 0.6) is 11.5 Å². The number of nitrogens with zero attached hydrogens (tertiary/aromatic N) is 1. The summed E-state index contributed by atoms with van der Waals surface area (Å²) in [6, 6.07) is 4.76. The van der Waals surface area contributed by atoms with E-state index in [1.54, 1.807) is 24.3 Å². The second-order valence-corrected chi connectivity index (χ2v) is 7.40. The molecule has 0 saturated carbocycles. The van der Waals surface area contributed by atoms with Crippen molar-refractivity contribution in [3.05, 3.63) is 30.4 Å². The van der Waals surface area contributed by atoms with Crippen molar-refractivity contribution in [2.24, 2.45) is 11.8 Å². The predicted molar refractivity (Wildman–Crippen MR) is 96.1 cm³/mol. The molecule has 0 radical (unpaired) electrons. The molecule has 10 heteroatoms. The van der Waals surface area contributed by atoms with Crippen LogP contribution >= 0.6 is 0 Å². The molecular formula is C20H17NO9. The molecule has 4 aliphatic rings. The Morgan fingerprint density at radius 2 is 1.80 bits per heavy atom. The van der Waals surface area contributed by atoms with E-state index in [0.717, 1.165) is 18.7 Å². The number of amides is 2. The molecule has 0 N–H and O–H groups in total. The van der Waals surface area contributed by atoms with Gasteiger partial charge in [0.05, 0.1) is 23.6 Å². The molecule has 0 aromatic heterocycles. The Kier molecular flexibility index (Phi) is 3.91. The fourth-order valence-corrected chi connectivity index (χ4v) is 4.50. The van der Waals surface area contributed by atoms with Crippen molar-refractivity contribution in [3.8, 4) is 11.5 Å². The summed E-state index contributed by atoms with van der Waals surface area (Å²) in [7, 11) is 0. The lowest BCUT2D eigenvalue weighted by Gasteiger charge is -2.34. The standard InChI is InChI=1S/C20H17NO9/c1-9(22)28-19(29-10(2)23)20-6-5-13(30-20)15-16(20)18(25)21(17(15)24)11-3-4-12-14(7-11)27-8-26-12/h3-7,13,15-16,19H,8H2,1-2H3/t13-,15+,16+,20+/m0/s1. The number of carbonyl (C=O) groups is 4. The Morgan fingerprint density at radius 3 is 2.50 bits per heavy atom. The Balaban J connectivity index is 1.53. The summed E-state index contributed by atoms with van der Waals surface area (Å²) < 4.78 is 26.9. The van der Waals surface area contributed by atoms with Crippen molar-refractivity contribution in [1.29, 1.82) is 0 Å². The summed E-state index contributed by atoms with van der Waals surface area (Å²) in [5, 5.41) is 0. The van der Waals surface area contributed by atoms with Crippen LogP contribution in [-0.4, -0.2) is 48.5 Å². The largest absolute Gasteiger partial charge is 0.454 e. The number of ether oxygens (including phenoxy) is 5. The molecule has 2 bridgehead atoms. The summed E-state index contributed by atoms with van der Waals surface area (Å²) in [4.78, 5) is 50.9. The van der Waals surface area contributed by atoms with Gasteiger partial charge in [0.15, 0.2) is 17.1 Å². The second kappa shape index (κ2) is 6.30. The van der Waals surface area contributed by atoms with Crippen LogP contribution < -0.4 is 14.4 Å². The van der Waals surface area contributed by atoms with E-state index >= 15 is 0 Å². The minimum absolute atomic E-state index is 0.0569. The van der Waals surface area contributed by atoms with Gasteiger partial charge in [0.1, 0.15) is 0 Å². The van der Waals surface area contributed by atoms with Crippen LogP contribution in [-0.2, 0) is 33.4 Å². The van der Waals surface area contributed by atoms with Crippen LogP contribution in [0.3, 0.4) is 0 Å². The van der Waals surface area contributed by atoms with Gasteiger partial charge >= 0.3 is 11.9 Å². The maximum Gasteiger partial charge on any atom is 0.305 e. The van der Waals surface area contributed by atoms with E-state index < -0.39 is 53.6 Å². The number of anilines is 1. The molecule has 5 rings (SSSR count). The highest BCUT2D eigenvalue weighted by Crippen LogP contribution is 2.55. The van der Waals surface area contributed by atoms with Crippen molar-refractivity contribution in [2.75, 3.05) is 11.7 Å². The topological polar surface area (TPSA) is 118 Å². The molecule has 1 aromatic carbocycles. The molecule has 2 amide bonds. The first-order chi connectivity index (χ1) is 14.3. The normalized spacial score (nSPS) is 30.2. The third-order valence-corrected chi connectivity index (χ3v) is 5.61. The minimum Gasteiger partial charge on any atom is -0.454 e. The lowest BCUT2D eigenvalue weighted by Crippen LogP contribution is -2.52. The number of carbonyl (C=O) groups excluding carboxylic acids is 4. The first-order valence-corrected chi connectivity index (χ1v) is 9.31. The lowest BCUT2D eigenvalue weighted by atomic mass is 9.76. The van der Waals surface area contributed by atoms with Crippen LogP contribution in [0.15, 0.2) is 30.4 Å². The van der Waals surface area contributed by atoms with E-state index in [4.69, 9.17) is 23.7 Å². The Hall–Kier alpha value is -3.40. The maximum absolute atomic E-state index is 13.4. The summed E-state index contributed by atoms with van der Waals surface area (Å²) in [5.41, 5.74) is -1.25. The number of rotatable bonds is 4. The highest BCUT2D eigenvalue weighted by molar-refractivity contribution is 6.23. The van der Waals surface area contributed by atoms with E-state index in [2.05, 4.69) is 0 Å². The predicted octanol–water partition coefficient (Wildman–Crippen LogP) is 0.681. The van der Waals surface area contributed by atoms with Gasteiger partial charge in [0, 0.05) is 19.9 Å². The smallest absolute Gasteiger partial charge is 0.305 e. The number of hydrogen-bond acceptors (Lipinski definition) is 9. The average Bonchev–Trinajstić information content (AvgIpc) is 3.43. The fraction of sp³-hybridized carbons (Fsp3) is 0.400. The molecule has 2 fully saturated rings. The number of imide groups is 1. The van der Waals surface area contributed by atoms with Crippen LogP contribution in [0.25, 0.3) is 0 Å². The molecule has 30 heavy (non-hydrogen) atoms. The van der Waals surface area contributed by atoms with Crippen LogP contribution in [0, 0.1) is 11.8 Å². The van der Waals surface area contributed by atoms with Crippen molar-refractivity contribution in [2.45, 2.75) is 31.8 Å². The SMILES string of the molecule is CC(=O)OC(OC(C)=O)[C@]12C=C[C@H](O1)[C@H]1C(=O)N(c3ccc4c(c3)OCO4)C(=O)[C@@H]12. The van der Waals surface area contributed by atoms with E-state index in [-0.39, 0.29) is 6.79 Å². The summed E-state index contributed by atoms with van der Waals surface area (Å²) in [6.07, 6.45) is 0.940. The van der Waals surface area contributed by atoms with Gasteiger partial charge in [-0.25, -0.2) is 4.90 Å². The third-order valence-electron chi connectivity index (χ3n) is 5.61. The van der Waals surface area contributed by atoms with Gasteiger partial charge < -0.3 is 23.7 Å². The zero-order chi connectivity index (χ0) is 21.2. The van der Waals surface area contributed by atoms with E-state index in [0.29, 0.717) is 17.2 Å². The monoisotopic (exact) mass is 415 g/mol. The van der Waals surface area contributed by atoms with Gasteiger partial charge in [-0.2, -0.15) is 0 Å². The highest BCUT2D eigenvalue weighted by atomic mass is 16.7. The maximum atomic E-state index is 13.4. The van der Waals surface area contributed by atoms with Crippen molar-refractivity contribution < 1.29 is 42.9 Å². The van der Waals surface area contributed by atoms with Gasteiger partial charge in [-0.3, -0.25) is 19.2 Å². The Bertz CT molecular complexity index is 1000. The average molecular weight is 415 g/mol. The summed E-state index contributed by atoms with van der Waals surface area (Å²) in [6.45, 7) is 2.36. The fourth-order valence-electron chi connectivity index (χ4n) is 4.50. The first-order valence-electron chi connectivity index (χ1n) is 9.31. The van der Waals surface area contributed by atoms with Gasteiger partial charge in [-0.15, -0.1) is 0 Å². The second-order valence-electron chi connectivity index (χ2n) is 7.40. The molecule has 4 aliphatic heterocycles. The zero-order valence-corrected chi connectivity index (χ0v) is 16.0. The van der Waals surface area contributed by atoms with E-state index in [1.165, 1.54) is 6.08 Å². The molecule has 156 valence electrons. The number of benzene rings is 1. The molecule has 0 unspecified atom stereocenters. The number of fused-ring (bicyclic) bond motifs is 6. The van der Waals surface area contributed by atoms with Gasteiger partial charge in [-0.1, -0.05) is 6.08 Å². The lowest BCUT2D eigenvalue weighted by molar-refractivity contribution is -0.226. The van der Waals surface area contributed by atoms with Crippen LogP contribution in [0.4, 0.5) is 5.69 Å². The van der Waals surface area contributed by atoms with Crippen LogP contribution in [0.1, 0.15) is 13.8 Å². The van der Waals surface area contributed by atoms with Gasteiger partial charge in [-0.05, 0) is 18.2 Å². The van der Waals surface area contributed by atoms with Crippen molar-refractivity contribution in [1.82, 2.24) is 0 Å². The Labute approximate surface area is 170 Å². The van der Waals surface area contributed by atoms with Crippen molar-refractivity contribution >= 4 is 29.4 Å². The Morgan fingerprint density at radius 1 is 1.10 bits per heavy atom. The molecular weight excluding hydrogens is 398 g/mol. The minimum atomic E-state index is -1.58. The quantitative estimate of drug-likeness (QED) is 0.303. The molecule has 4 atom stereocenters. The highest BCUT2D eigenvalue weighted by Gasteiger charge is 2.72. The zero-order valence-electron chi connectivity index (χ0n) is 16.0. The molecule has 0 spiro atoms. The molecule has 1 aromatic rings. The molecule has 10 nitrogen and oxygen atoms in total. The van der Waals surface area contributed by atoms with Crippen LogP contribution in [0.2, 0.25) is 0 Å². The molecule has 0 aliphatic carbocycles. The third kappa shape index (κ3) is 2.46. The van der Waals surface area contributed by atoms with Crippen molar-refractivity contribution in [3.63, 3.8) is 0 Å². The summed E-state index contributed by atoms with van der Waals surface area (Å²) >= 11 is 0. The van der Waals surface area contributed by atoms with E-state index in [9.17, 15) is 19.2 Å².